The summed E-state index contributed by atoms with van der Waals surface area (Å²) >= 11 is 7.30. The third-order valence-electron chi connectivity index (χ3n) is 5.51. The highest BCUT2D eigenvalue weighted by atomic mass is 35.5. The van der Waals surface area contributed by atoms with Gasteiger partial charge in [-0.25, -0.2) is 9.37 Å². The number of likely N-dealkylation sites (tertiary alicyclic amines) is 1. The molecule has 4 N–H and O–H groups in total. The molecule has 3 rings (SSSR count). The molecule has 10 heteroatoms. The van der Waals surface area contributed by atoms with Gasteiger partial charge in [0, 0.05) is 30.6 Å². The molecule has 4 atom stereocenters. The first kappa shape index (κ1) is 25.5. The quantitative estimate of drug-likeness (QED) is 0.380. The molecule has 0 amide bonds. The monoisotopic (exact) mass is 488 g/mol. The van der Waals surface area contributed by atoms with Gasteiger partial charge in [0.05, 0.1) is 29.5 Å². The van der Waals surface area contributed by atoms with Crippen LogP contribution < -0.4 is 0 Å². The lowest BCUT2D eigenvalue weighted by atomic mass is 10.1. The summed E-state index contributed by atoms with van der Waals surface area (Å²) in [7, 11) is 0. The summed E-state index contributed by atoms with van der Waals surface area (Å²) in [6.45, 7) is 2.19. The van der Waals surface area contributed by atoms with Gasteiger partial charge < -0.3 is 25.2 Å². The highest BCUT2D eigenvalue weighted by Gasteiger charge is 2.35. The van der Waals surface area contributed by atoms with E-state index in [-0.39, 0.29) is 18.1 Å². The van der Waals surface area contributed by atoms with Gasteiger partial charge in [-0.1, -0.05) is 24.4 Å². The molecule has 0 spiro atoms. The number of halogens is 2. The van der Waals surface area contributed by atoms with Crippen molar-refractivity contribution in [2.45, 2.75) is 56.7 Å². The minimum Gasteiger partial charge on any atom is -0.389 e. The Bertz CT molecular complexity index is 841. The van der Waals surface area contributed by atoms with E-state index in [4.69, 9.17) is 16.3 Å². The van der Waals surface area contributed by atoms with E-state index in [0.717, 1.165) is 41.9 Å². The number of benzene rings is 1. The average Bonchev–Trinajstić information content (AvgIpc) is 3.21. The molecule has 2 aromatic rings. The van der Waals surface area contributed by atoms with E-state index < -0.39 is 30.2 Å². The second kappa shape index (κ2) is 12.3. The maximum Gasteiger partial charge on any atom is 0.141 e. The first-order valence-corrected chi connectivity index (χ1v) is 12.0. The fourth-order valence-electron chi connectivity index (χ4n) is 3.66. The van der Waals surface area contributed by atoms with Gasteiger partial charge in [-0.05, 0) is 37.6 Å². The summed E-state index contributed by atoms with van der Waals surface area (Å²) in [5.74, 6) is -0.449. The van der Waals surface area contributed by atoms with Crippen LogP contribution in [-0.2, 0) is 11.3 Å². The molecular weight excluding hydrogens is 459 g/mol. The zero-order valence-electron chi connectivity index (χ0n) is 17.7. The molecule has 0 radical (unpaired) electrons. The predicted molar refractivity (Wildman–Crippen MR) is 121 cm³/mol. The molecule has 0 aliphatic carbocycles. The SMILES string of the molecule is O[C@H]1[C@H](O)[C@@H](O)CN(CCCCCCOCc2csc(-c3ccc(F)c(Cl)c3)n2)C[C@@H]1O. The van der Waals surface area contributed by atoms with Gasteiger partial charge in [0.1, 0.15) is 23.0 Å². The Morgan fingerprint density at radius 1 is 1.06 bits per heavy atom. The molecule has 178 valence electrons. The van der Waals surface area contributed by atoms with Gasteiger partial charge in [0.2, 0.25) is 0 Å². The second-order valence-corrected chi connectivity index (χ2v) is 9.38. The zero-order chi connectivity index (χ0) is 23.1. The van der Waals surface area contributed by atoms with Crippen molar-refractivity contribution in [1.82, 2.24) is 9.88 Å². The number of aromatic nitrogens is 1. The predicted octanol–water partition coefficient (Wildman–Crippen LogP) is 2.44. The van der Waals surface area contributed by atoms with Crippen molar-refractivity contribution in [1.29, 1.82) is 0 Å². The smallest absolute Gasteiger partial charge is 0.141 e. The Morgan fingerprint density at radius 2 is 1.75 bits per heavy atom. The molecule has 7 nitrogen and oxygen atoms in total. The largest absolute Gasteiger partial charge is 0.389 e. The molecule has 1 aliphatic rings. The van der Waals surface area contributed by atoms with Gasteiger partial charge in [0.15, 0.2) is 0 Å². The summed E-state index contributed by atoms with van der Waals surface area (Å²) in [5, 5.41) is 42.1. The van der Waals surface area contributed by atoms with Crippen LogP contribution in [0.5, 0.6) is 0 Å². The summed E-state index contributed by atoms with van der Waals surface area (Å²) in [6.07, 6.45) is -1.02. The fourth-order valence-corrected chi connectivity index (χ4v) is 4.64. The molecule has 32 heavy (non-hydrogen) atoms. The molecule has 1 aromatic heterocycles. The number of β-amino-alcohol motifs (C(OH)–C–C–N with tert-alkyl or cyclic N) is 2. The first-order valence-electron chi connectivity index (χ1n) is 10.8. The van der Waals surface area contributed by atoms with E-state index in [9.17, 15) is 24.8 Å². The number of aliphatic hydroxyl groups is 4. The Morgan fingerprint density at radius 3 is 2.44 bits per heavy atom. The van der Waals surface area contributed by atoms with Crippen molar-refractivity contribution >= 4 is 22.9 Å². The Hall–Kier alpha value is -1.17. The van der Waals surface area contributed by atoms with E-state index >= 15 is 0 Å². The van der Waals surface area contributed by atoms with Crippen LogP contribution in [0.3, 0.4) is 0 Å². The van der Waals surface area contributed by atoms with E-state index in [1.54, 1.807) is 12.1 Å². The number of hydrogen-bond donors (Lipinski definition) is 4. The third kappa shape index (κ3) is 7.16. The number of nitrogens with zero attached hydrogens (tertiary/aromatic N) is 2. The van der Waals surface area contributed by atoms with E-state index in [0.29, 0.717) is 19.8 Å². The second-order valence-electron chi connectivity index (χ2n) is 8.12. The summed E-state index contributed by atoms with van der Waals surface area (Å²) in [5.41, 5.74) is 1.61. The lowest BCUT2D eigenvalue weighted by Crippen LogP contribution is -2.43. The molecule has 0 saturated carbocycles. The van der Waals surface area contributed by atoms with E-state index in [2.05, 4.69) is 4.98 Å². The summed E-state index contributed by atoms with van der Waals surface area (Å²) < 4.78 is 19.0. The van der Waals surface area contributed by atoms with Gasteiger partial charge in [0.25, 0.3) is 0 Å². The Kier molecular flexibility index (Phi) is 9.81. The van der Waals surface area contributed by atoms with E-state index in [1.807, 2.05) is 10.3 Å². The van der Waals surface area contributed by atoms with Crippen LogP contribution in [0.4, 0.5) is 4.39 Å². The number of thiazole rings is 1. The van der Waals surface area contributed by atoms with Crippen LogP contribution in [0.15, 0.2) is 23.6 Å². The number of aliphatic hydroxyl groups excluding tert-OH is 4. The van der Waals surface area contributed by atoms with E-state index in [1.165, 1.54) is 17.4 Å². The van der Waals surface area contributed by atoms with Crippen molar-refractivity contribution < 1.29 is 29.6 Å². The van der Waals surface area contributed by atoms with Crippen molar-refractivity contribution in [2.24, 2.45) is 0 Å². The van der Waals surface area contributed by atoms with Gasteiger partial charge in [-0.15, -0.1) is 11.3 Å². The lowest BCUT2D eigenvalue weighted by Gasteiger charge is -2.23. The van der Waals surface area contributed by atoms with Gasteiger partial charge >= 0.3 is 0 Å². The minimum absolute atomic E-state index is 0.0777. The zero-order valence-corrected chi connectivity index (χ0v) is 19.3. The maximum absolute atomic E-state index is 13.3. The average molecular weight is 489 g/mol. The molecule has 1 aromatic carbocycles. The fraction of sp³-hybridized carbons (Fsp3) is 0.591. The summed E-state index contributed by atoms with van der Waals surface area (Å²) in [6, 6.07) is 4.55. The van der Waals surface area contributed by atoms with Crippen LogP contribution in [0, 0.1) is 5.82 Å². The number of unbranched alkanes of at least 4 members (excludes halogenated alkanes) is 3. The van der Waals surface area contributed by atoms with Crippen LogP contribution in [0.25, 0.3) is 10.6 Å². The number of rotatable bonds is 10. The van der Waals surface area contributed by atoms with Gasteiger partial charge in [-0.2, -0.15) is 0 Å². The molecule has 1 aliphatic heterocycles. The summed E-state index contributed by atoms with van der Waals surface area (Å²) in [4.78, 5) is 6.39. The van der Waals surface area contributed by atoms with Crippen LogP contribution in [-0.4, -0.2) is 81.0 Å². The standard InChI is InChI=1S/C22H30ClFN2O5S/c23-16-9-14(5-6-17(16)24)22-25-15(13-32-22)12-31-8-4-2-1-3-7-26-10-18(27)20(29)21(30)19(28)11-26/h5-6,9,13,18-21,27-30H,1-4,7-8,10-12H2/t18-,19-,20+,21+/m0/s1. The lowest BCUT2D eigenvalue weighted by molar-refractivity contribution is -0.0894. The van der Waals surface area contributed by atoms with Crippen molar-refractivity contribution in [3.8, 4) is 10.6 Å². The molecular formula is C22H30ClFN2O5S. The van der Waals surface area contributed by atoms with Gasteiger partial charge in [-0.3, -0.25) is 4.90 Å². The highest BCUT2D eigenvalue weighted by Crippen LogP contribution is 2.27. The van der Waals surface area contributed by atoms with Crippen molar-refractivity contribution in [3.63, 3.8) is 0 Å². The van der Waals surface area contributed by atoms with Crippen LogP contribution in [0.2, 0.25) is 5.02 Å². The molecule has 1 saturated heterocycles. The van der Waals surface area contributed by atoms with Crippen LogP contribution >= 0.6 is 22.9 Å². The molecule has 2 heterocycles. The highest BCUT2D eigenvalue weighted by molar-refractivity contribution is 7.13. The molecule has 0 unspecified atom stereocenters. The maximum atomic E-state index is 13.3. The number of ether oxygens (including phenoxy) is 1. The number of hydrogen-bond acceptors (Lipinski definition) is 8. The minimum atomic E-state index is -1.32. The van der Waals surface area contributed by atoms with Crippen molar-refractivity contribution in [3.05, 3.63) is 40.1 Å². The Labute approximate surface area is 196 Å². The Balaban J connectivity index is 1.28. The normalized spacial score (nSPS) is 24.6. The molecule has 0 bridgehead atoms. The third-order valence-corrected chi connectivity index (χ3v) is 6.74. The molecule has 1 fully saturated rings. The van der Waals surface area contributed by atoms with Crippen LogP contribution in [0.1, 0.15) is 31.4 Å². The van der Waals surface area contributed by atoms with Crippen molar-refractivity contribution in [2.75, 3.05) is 26.2 Å². The topological polar surface area (TPSA) is 106 Å². The first-order chi connectivity index (χ1) is 15.3.